The van der Waals surface area contributed by atoms with Crippen LogP contribution in [0.1, 0.15) is 18.1 Å². The summed E-state index contributed by atoms with van der Waals surface area (Å²) in [4.78, 5) is 0. The predicted octanol–water partition coefficient (Wildman–Crippen LogP) is 4.51. The summed E-state index contributed by atoms with van der Waals surface area (Å²) >= 11 is 0. The number of nitriles is 1. The molecule has 0 aliphatic carbocycles. The third-order valence-corrected chi connectivity index (χ3v) is 3.80. The van der Waals surface area contributed by atoms with E-state index in [0.717, 1.165) is 34.3 Å². The van der Waals surface area contributed by atoms with E-state index in [1.54, 1.807) is 0 Å². The minimum atomic E-state index is 0.775. The topological polar surface area (TPSA) is 28.7 Å². The molecule has 0 atom stereocenters. The minimum absolute atomic E-state index is 0.775. The Morgan fingerprint density at radius 3 is 2.45 bits per heavy atom. The molecule has 0 bridgehead atoms. The van der Waals surface area contributed by atoms with E-state index in [-0.39, 0.29) is 0 Å². The molecular weight excluding hydrogens is 244 g/mol. The Kier molecular flexibility index (Phi) is 3.04. The van der Waals surface area contributed by atoms with Crippen LogP contribution >= 0.6 is 0 Å². The second-order valence-corrected chi connectivity index (χ2v) is 4.91. The normalized spacial score (nSPS) is 10.7. The van der Waals surface area contributed by atoms with Gasteiger partial charge in [0.2, 0.25) is 0 Å². The van der Waals surface area contributed by atoms with Crippen molar-refractivity contribution >= 4 is 10.9 Å². The number of aromatic nitrogens is 1. The molecule has 0 aliphatic rings. The van der Waals surface area contributed by atoms with Gasteiger partial charge in [0.15, 0.2) is 0 Å². The average Bonchev–Trinajstić information content (AvgIpc) is 2.81. The van der Waals surface area contributed by atoms with Crippen LogP contribution in [-0.2, 0) is 6.54 Å². The van der Waals surface area contributed by atoms with E-state index < -0.39 is 0 Å². The fraction of sp³-hybridized carbons (Fsp3) is 0.167. The molecule has 0 aliphatic heterocycles. The number of para-hydroxylation sites is 1. The molecule has 0 saturated heterocycles. The van der Waals surface area contributed by atoms with E-state index in [0.29, 0.717) is 0 Å². The van der Waals surface area contributed by atoms with Crippen LogP contribution in [0.2, 0.25) is 0 Å². The number of hydrogen-bond donors (Lipinski definition) is 0. The Labute approximate surface area is 118 Å². The van der Waals surface area contributed by atoms with Crippen molar-refractivity contribution in [3.05, 3.63) is 59.7 Å². The second kappa shape index (κ2) is 4.86. The van der Waals surface area contributed by atoms with Gasteiger partial charge < -0.3 is 4.57 Å². The van der Waals surface area contributed by atoms with Gasteiger partial charge >= 0.3 is 0 Å². The molecule has 1 heterocycles. The van der Waals surface area contributed by atoms with Crippen LogP contribution < -0.4 is 0 Å². The molecule has 98 valence electrons. The number of nitrogens with zero attached hydrogens (tertiary/aromatic N) is 2. The number of rotatable bonds is 2. The van der Waals surface area contributed by atoms with E-state index in [1.165, 1.54) is 5.56 Å². The van der Waals surface area contributed by atoms with Gasteiger partial charge in [-0.15, -0.1) is 0 Å². The highest BCUT2D eigenvalue weighted by atomic mass is 15.0. The highest BCUT2D eigenvalue weighted by molar-refractivity contribution is 5.94. The fourth-order valence-corrected chi connectivity index (χ4v) is 2.86. The monoisotopic (exact) mass is 260 g/mol. The lowest BCUT2D eigenvalue weighted by Gasteiger charge is -2.10. The number of fused-ring (bicyclic) bond motifs is 1. The molecule has 0 fully saturated rings. The number of hydrogen-bond acceptors (Lipinski definition) is 1. The van der Waals surface area contributed by atoms with E-state index in [9.17, 15) is 5.26 Å². The van der Waals surface area contributed by atoms with Gasteiger partial charge in [-0.25, -0.2) is 0 Å². The molecule has 3 aromatic rings. The van der Waals surface area contributed by atoms with Crippen LogP contribution in [0.4, 0.5) is 0 Å². The van der Waals surface area contributed by atoms with E-state index in [1.807, 2.05) is 30.3 Å². The summed E-state index contributed by atoms with van der Waals surface area (Å²) in [6.45, 7) is 5.06. The molecule has 2 nitrogen and oxygen atoms in total. The molecule has 0 unspecified atom stereocenters. The predicted molar refractivity (Wildman–Crippen MR) is 82.5 cm³/mol. The average molecular weight is 260 g/mol. The van der Waals surface area contributed by atoms with Crippen LogP contribution in [0.5, 0.6) is 0 Å². The van der Waals surface area contributed by atoms with Gasteiger partial charge in [0.1, 0.15) is 6.07 Å². The highest BCUT2D eigenvalue weighted by Gasteiger charge is 2.18. The van der Waals surface area contributed by atoms with Crippen molar-refractivity contribution in [1.29, 1.82) is 5.26 Å². The largest absolute Gasteiger partial charge is 0.340 e. The zero-order valence-corrected chi connectivity index (χ0v) is 11.7. The fourth-order valence-electron chi connectivity index (χ4n) is 2.86. The summed E-state index contributed by atoms with van der Waals surface area (Å²) in [5.74, 6) is 0. The Bertz CT molecular complexity index is 819. The van der Waals surface area contributed by atoms with Gasteiger partial charge in [0.05, 0.1) is 11.3 Å². The summed E-state index contributed by atoms with van der Waals surface area (Å²) in [5.41, 5.74) is 5.28. The lowest BCUT2D eigenvalue weighted by molar-refractivity contribution is 0.804. The summed E-state index contributed by atoms with van der Waals surface area (Å²) in [7, 11) is 0. The summed E-state index contributed by atoms with van der Waals surface area (Å²) < 4.78 is 2.23. The maximum absolute atomic E-state index is 9.61. The Balaban J connectivity index is 2.47. The second-order valence-electron chi connectivity index (χ2n) is 4.91. The van der Waals surface area contributed by atoms with Crippen LogP contribution in [0, 0.1) is 18.3 Å². The maximum atomic E-state index is 9.61. The molecule has 2 aromatic carbocycles. The van der Waals surface area contributed by atoms with Crippen molar-refractivity contribution in [2.45, 2.75) is 20.4 Å². The Morgan fingerprint density at radius 1 is 1.05 bits per heavy atom. The summed E-state index contributed by atoms with van der Waals surface area (Å²) in [5, 5.41) is 10.7. The molecule has 2 heteroatoms. The van der Waals surface area contributed by atoms with E-state index in [2.05, 4.69) is 42.7 Å². The van der Waals surface area contributed by atoms with E-state index in [4.69, 9.17) is 0 Å². The highest BCUT2D eigenvalue weighted by Crippen LogP contribution is 2.34. The molecule has 0 N–H and O–H groups in total. The van der Waals surface area contributed by atoms with Crippen molar-refractivity contribution in [3.8, 4) is 17.3 Å². The summed E-state index contributed by atoms with van der Waals surface area (Å²) in [6, 6.07) is 18.8. The third-order valence-electron chi connectivity index (χ3n) is 3.80. The standard InChI is InChI=1S/C18H16N2/c1-3-20-17-11-7-6-10-15(17)16(12-19)18(20)14-9-5-4-8-13(14)2/h4-11H,3H2,1-2H3. The smallest absolute Gasteiger partial charge is 0.102 e. The van der Waals surface area contributed by atoms with Gasteiger partial charge in [0, 0.05) is 23.0 Å². The third kappa shape index (κ3) is 1.71. The number of aryl methyl sites for hydroxylation is 2. The van der Waals surface area contributed by atoms with Gasteiger partial charge in [-0.2, -0.15) is 5.26 Å². The van der Waals surface area contributed by atoms with Crippen LogP contribution in [0.25, 0.3) is 22.2 Å². The molecule has 0 radical (unpaired) electrons. The zero-order valence-electron chi connectivity index (χ0n) is 11.7. The van der Waals surface area contributed by atoms with Gasteiger partial charge in [-0.05, 0) is 25.5 Å². The molecule has 0 amide bonds. The van der Waals surface area contributed by atoms with Crippen LogP contribution in [0.3, 0.4) is 0 Å². The minimum Gasteiger partial charge on any atom is -0.340 e. The molecule has 3 rings (SSSR count). The first-order valence-electron chi connectivity index (χ1n) is 6.85. The van der Waals surface area contributed by atoms with Crippen molar-refractivity contribution in [2.75, 3.05) is 0 Å². The lowest BCUT2D eigenvalue weighted by atomic mass is 10.0. The van der Waals surface area contributed by atoms with Crippen molar-refractivity contribution in [2.24, 2.45) is 0 Å². The molecule has 0 saturated carbocycles. The molecular formula is C18H16N2. The van der Waals surface area contributed by atoms with Crippen LogP contribution in [0.15, 0.2) is 48.5 Å². The maximum Gasteiger partial charge on any atom is 0.102 e. The van der Waals surface area contributed by atoms with Gasteiger partial charge in [-0.1, -0.05) is 42.5 Å². The molecule has 0 spiro atoms. The van der Waals surface area contributed by atoms with E-state index >= 15 is 0 Å². The lowest BCUT2D eigenvalue weighted by Crippen LogP contribution is -1.98. The van der Waals surface area contributed by atoms with Crippen molar-refractivity contribution in [3.63, 3.8) is 0 Å². The van der Waals surface area contributed by atoms with Crippen molar-refractivity contribution in [1.82, 2.24) is 4.57 Å². The van der Waals surface area contributed by atoms with Gasteiger partial charge in [-0.3, -0.25) is 0 Å². The Hall–Kier alpha value is -2.53. The molecule has 20 heavy (non-hydrogen) atoms. The zero-order chi connectivity index (χ0) is 14.1. The SMILES string of the molecule is CCn1c(-c2ccccc2C)c(C#N)c2ccccc21. The van der Waals surface area contributed by atoms with Crippen molar-refractivity contribution < 1.29 is 0 Å². The first-order chi connectivity index (χ1) is 9.77. The molecule has 1 aromatic heterocycles. The van der Waals surface area contributed by atoms with Crippen LogP contribution in [-0.4, -0.2) is 4.57 Å². The van der Waals surface area contributed by atoms with Gasteiger partial charge in [0.25, 0.3) is 0 Å². The first-order valence-corrected chi connectivity index (χ1v) is 6.85. The first kappa shape index (κ1) is 12.5. The summed E-state index contributed by atoms with van der Waals surface area (Å²) in [6.07, 6.45) is 0. The number of benzene rings is 2. The Morgan fingerprint density at radius 2 is 1.75 bits per heavy atom. The quantitative estimate of drug-likeness (QED) is 0.666.